The van der Waals surface area contributed by atoms with Crippen LogP contribution in [0.3, 0.4) is 0 Å². The normalized spacial score (nSPS) is 11.9. The summed E-state index contributed by atoms with van der Waals surface area (Å²) >= 11 is 1.29. The molecule has 0 radical (unpaired) electrons. The minimum absolute atomic E-state index is 0.334. The number of ether oxygens (including phenoxy) is 1. The van der Waals surface area contributed by atoms with Gasteiger partial charge in [-0.25, -0.2) is 4.39 Å². The second-order valence-electron chi connectivity index (χ2n) is 5.97. The predicted molar refractivity (Wildman–Crippen MR) is 102 cm³/mol. The van der Waals surface area contributed by atoms with E-state index in [0.29, 0.717) is 29.0 Å². The van der Waals surface area contributed by atoms with Crippen LogP contribution in [0.25, 0.3) is 10.2 Å². The summed E-state index contributed by atoms with van der Waals surface area (Å²) in [7, 11) is 5.46. The van der Waals surface area contributed by atoms with Crippen LogP contribution < -0.4 is 9.70 Å². The van der Waals surface area contributed by atoms with Gasteiger partial charge in [-0.15, -0.1) is 0 Å². The maximum Gasteiger partial charge on any atom is 0.279 e. The molecule has 3 aromatic rings. The molecule has 0 N–H and O–H groups in total. The van der Waals surface area contributed by atoms with E-state index in [1.54, 1.807) is 29.9 Å². The zero-order chi connectivity index (χ0) is 18.7. The van der Waals surface area contributed by atoms with E-state index in [-0.39, 0.29) is 11.7 Å². The number of hydrogen-bond donors (Lipinski definition) is 0. The highest BCUT2D eigenvalue weighted by Gasteiger charge is 2.12. The maximum absolute atomic E-state index is 14.3. The second kappa shape index (κ2) is 7.80. The third-order valence-electron chi connectivity index (χ3n) is 4.00. The van der Waals surface area contributed by atoms with Gasteiger partial charge in [0.05, 0.1) is 16.8 Å². The fourth-order valence-corrected chi connectivity index (χ4v) is 3.68. The average molecular weight is 373 g/mol. The molecule has 1 amide bonds. The zero-order valence-electron chi connectivity index (χ0n) is 14.9. The van der Waals surface area contributed by atoms with Crippen LogP contribution in [0.2, 0.25) is 0 Å². The van der Waals surface area contributed by atoms with Crippen molar-refractivity contribution in [1.29, 1.82) is 0 Å². The second-order valence-corrected chi connectivity index (χ2v) is 6.98. The number of methoxy groups -OCH3 is 1. The average Bonchev–Trinajstić information content (AvgIpc) is 2.98. The standard InChI is InChI=1S/C19H20FN3O2S/c1-22(2)14-9-7-13(8-10-14)18(24)21-19-23(11-12-25-3)17-15(20)5-4-6-16(17)26-19/h4-10H,11-12H2,1-3H3. The van der Waals surface area contributed by atoms with Gasteiger partial charge in [0, 0.05) is 39.0 Å². The van der Waals surface area contributed by atoms with Crippen molar-refractivity contribution in [3.05, 3.63) is 58.6 Å². The lowest BCUT2D eigenvalue weighted by Crippen LogP contribution is -2.20. The molecular formula is C19H20FN3O2S. The third-order valence-corrected chi connectivity index (χ3v) is 5.04. The quantitative estimate of drug-likeness (QED) is 0.689. The van der Waals surface area contributed by atoms with E-state index < -0.39 is 0 Å². The molecule has 0 spiro atoms. The summed E-state index contributed by atoms with van der Waals surface area (Å²) in [6.07, 6.45) is 0. The van der Waals surface area contributed by atoms with Crippen LogP contribution >= 0.6 is 11.3 Å². The largest absolute Gasteiger partial charge is 0.383 e. The van der Waals surface area contributed by atoms with Crippen molar-refractivity contribution in [3.63, 3.8) is 0 Å². The number of para-hydroxylation sites is 1. The number of hydrogen-bond acceptors (Lipinski definition) is 4. The molecule has 2 aromatic carbocycles. The van der Waals surface area contributed by atoms with Crippen LogP contribution in [0.5, 0.6) is 0 Å². The highest BCUT2D eigenvalue weighted by atomic mass is 32.1. The summed E-state index contributed by atoms with van der Waals surface area (Å²) in [6, 6.07) is 12.1. The monoisotopic (exact) mass is 373 g/mol. The molecule has 0 unspecified atom stereocenters. The van der Waals surface area contributed by atoms with Gasteiger partial charge in [-0.05, 0) is 36.4 Å². The summed E-state index contributed by atoms with van der Waals surface area (Å²) in [6.45, 7) is 0.822. The van der Waals surface area contributed by atoms with Gasteiger partial charge >= 0.3 is 0 Å². The molecule has 1 heterocycles. The molecule has 136 valence electrons. The molecule has 5 nitrogen and oxygen atoms in total. The SMILES string of the molecule is COCCn1c(=NC(=O)c2ccc(N(C)C)cc2)sc2cccc(F)c21. The number of halogens is 1. The summed E-state index contributed by atoms with van der Waals surface area (Å²) in [5, 5.41) is 0. The van der Waals surface area contributed by atoms with Crippen molar-refractivity contribution >= 4 is 33.1 Å². The number of amides is 1. The Morgan fingerprint density at radius 2 is 1.96 bits per heavy atom. The van der Waals surface area contributed by atoms with Crippen LogP contribution in [0.1, 0.15) is 10.4 Å². The maximum atomic E-state index is 14.3. The lowest BCUT2D eigenvalue weighted by Gasteiger charge is -2.11. The van der Waals surface area contributed by atoms with E-state index in [2.05, 4.69) is 4.99 Å². The number of carbonyl (C=O) groups excluding carboxylic acids is 1. The van der Waals surface area contributed by atoms with Gasteiger partial charge in [0.15, 0.2) is 4.80 Å². The number of rotatable bonds is 5. The molecule has 26 heavy (non-hydrogen) atoms. The lowest BCUT2D eigenvalue weighted by molar-refractivity contribution is 0.0997. The Hall–Kier alpha value is -2.51. The van der Waals surface area contributed by atoms with Crippen molar-refractivity contribution in [2.24, 2.45) is 4.99 Å². The highest BCUT2D eigenvalue weighted by Crippen LogP contribution is 2.20. The Bertz CT molecular complexity index is 990. The van der Waals surface area contributed by atoms with Crippen LogP contribution in [0.15, 0.2) is 47.5 Å². The van der Waals surface area contributed by atoms with Gasteiger partial charge < -0.3 is 14.2 Å². The molecule has 0 atom stereocenters. The highest BCUT2D eigenvalue weighted by molar-refractivity contribution is 7.16. The van der Waals surface area contributed by atoms with Gasteiger partial charge in [0.25, 0.3) is 5.91 Å². The number of carbonyl (C=O) groups is 1. The first-order valence-electron chi connectivity index (χ1n) is 8.14. The molecular weight excluding hydrogens is 353 g/mol. The Morgan fingerprint density at radius 1 is 1.23 bits per heavy atom. The van der Waals surface area contributed by atoms with Crippen molar-refractivity contribution in [1.82, 2.24) is 4.57 Å². The van der Waals surface area contributed by atoms with Crippen molar-refractivity contribution in [2.45, 2.75) is 6.54 Å². The molecule has 0 saturated carbocycles. The fourth-order valence-electron chi connectivity index (χ4n) is 2.62. The minimum atomic E-state index is -0.353. The van der Waals surface area contributed by atoms with E-state index in [1.165, 1.54) is 17.4 Å². The Balaban J connectivity index is 2.05. The number of anilines is 1. The van der Waals surface area contributed by atoms with E-state index in [1.807, 2.05) is 37.2 Å². The Morgan fingerprint density at radius 3 is 2.62 bits per heavy atom. The van der Waals surface area contributed by atoms with E-state index >= 15 is 0 Å². The van der Waals surface area contributed by atoms with Crippen LogP contribution in [0, 0.1) is 5.82 Å². The van der Waals surface area contributed by atoms with Crippen molar-refractivity contribution < 1.29 is 13.9 Å². The first kappa shape index (κ1) is 18.3. The predicted octanol–water partition coefficient (Wildman–Crippen LogP) is 3.30. The Kier molecular flexibility index (Phi) is 5.49. The van der Waals surface area contributed by atoms with Gasteiger partial charge in [0.1, 0.15) is 5.82 Å². The summed E-state index contributed by atoms with van der Waals surface area (Å²) in [5.74, 6) is -0.687. The zero-order valence-corrected chi connectivity index (χ0v) is 15.7. The van der Waals surface area contributed by atoms with Crippen molar-refractivity contribution in [3.8, 4) is 0 Å². The van der Waals surface area contributed by atoms with Crippen LogP contribution in [0.4, 0.5) is 10.1 Å². The molecule has 3 rings (SSSR count). The van der Waals surface area contributed by atoms with Crippen LogP contribution in [-0.2, 0) is 11.3 Å². The molecule has 0 saturated heterocycles. The lowest BCUT2D eigenvalue weighted by atomic mass is 10.2. The summed E-state index contributed by atoms with van der Waals surface area (Å²) in [5.41, 5.74) is 1.94. The number of aromatic nitrogens is 1. The fraction of sp³-hybridized carbons (Fsp3) is 0.263. The Labute approximate surface area is 155 Å². The number of benzene rings is 2. The first-order chi connectivity index (χ1) is 12.5. The number of fused-ring (bicyclic) bond motifs is 1. The van der Waals surface area contributed by atoms with Gasteiger partial charge in [-0.1, -0.05) is 17.4 Å². The molecule has 0 aliphatic heterocycles. The van der Waals surface area contributed by atoms with E-state index in [9.17, 15) is 9.18 Å². The van der Waals surface area contributed by atoms with Gasteiger partial charge in [-0.3, -0.25) is 4.79 Å². The van der Waals surface area contributed by atoms with E-state index in [4.69, 9.17) is 4.74 Å². The smallest absolute Gasteiger partial charge is 0.279 e. The summed E-state index contributed by atoms with van der Waals surface area (Å²) < 4.78 is 21.8. The van der Waals surface area contributed by atoms with Crippen molar-refractivity contribution in [2.75, 3.05) is 32.7 Å². The molecule has 0 aliphatic rings. The number of nitrogens with zero attached hydrogens (tertiary/aromatic N) is 3. The summed E-state index contributed by atoms with van der Waals surface area (Å²) in [4.78, 5) is 19.2. The minimum Gasteiger partial charge on any atom is -0.383 e. The number of thiazole rings is 1. The third kappa shape index (κ3) is 3.68. The molecule has 0 fully saturated rings. The van der Waals surface area contributed by atoms with E-state index in [0.717, 1.165) is 10.4 Å². The molecule has 0 bridgehead atoms. The molecule has 7 heteroatoms. The van der Waals surface area contributed by atoms with Crippen LogP contribution in [-0.4, -0.2) is 38.3 Å². The van der Waals surface area contributed by atoms with Gasteiger partial charge in [-0.2, -0.15) is 4.99 Å². The molecule has 1 aromatic heterocycles. The molecule has 0 aliphatic carbocycles. The first-order valence-corrected chi connectivity index (χ1v) is 8.96. The van der Waals surface area contributed by atoms with Gasteiger partial charge in [0.2, 0.25) is 0 Å². The topological polar surface area (TPSA) is 46.8 Å².